The van der Waals surface area contributed by atoms with Gasteiger partial charge < -0.3 is 15.0 Å². The summed E-state index contributed by atoms with van der Waals surface area (Å²) in [4.78, 5) is 23.6. The van der Waals surface area contributed by atoms with Crippen LogP contribution in [-0.2, 0) is 6.54 Å². The zero-order valence-corrected chi connectivity index (χ0v) is 14.8. The van der Waals surface area contributed by atoms with Crippen LogP contribution < -0.4 is 15.0 Å². The summed E-state index contributed by atoms with van der Waals surface area (Å²) in [7, 11) is 1.63. The molecular formula is C19H24N4O2. The van der Waals surface area contributed by atoms with E-state index in [1.54, 1.807) is 13.3 Å². The van der Waals surface area contributed by atoms with E-state index in [2.05, 4.69) is 20.2 Å². The van der Waals surface area contributed by atoms with E-state index in [1.165, 1.54) is 19.3 Å². The van der Waals surface area contributed by atoms with Crippen molar-refractivity contribution in [3.63, 3.8) is 0 Å². The molecule has 1 aliphatic heterocycles. The fraction of sp³-hybridized carbons (Fsp3) is 0.421. The summed E-state index contributed by atoms with van der Waals surface area (Å²) in [6.45, 7) is 4.26. The number of hydrogen-bond donors (Lipinski definition) is 1. The van der Waals surface area contributed by atoms with Crippen LogP contribution in [0.25, 0.3) is 0 Å². The largest absolute Gasteiger partial charge is 0.497 e. The number of amides is 1. The molecule has 1 fully saturated rings. The van der Waals surface area contributed by atoms with Crippen molar-refractivity contribution in [2.24, 2.45) is 0 Å². The van der Waals surface area contributed by atoms with Crippen LogP contribution in [0.1, 0.15) is 40.9 Å². The average molecular weight is 340 g/mol. The van der Waals surface area contributed by atoms with Gasteiger partial charge in [-0.1, -0.05) is 12.1 Å². The Morgan fingerprint density at radius 2 is 2.08 bits per heavy atom. The number of anilines is 1. The van der Waals surface area contributed by atoms with Crippen LogP contribution in [0.5, 0.6) is 5.75 Å². The Morgan fingerprint density at radius 3 is 2.80 bits per heavy atom. The quantitative estimate of drug-likeness (QED) is 0.906. The number of methoxy groups -OCH3 is 1. The first-order valence-corrected chi connectivity index (χ1v) is 8.67. The second-order valence-corrected chi connectivity index (χ2v) is 6.25. The fourth-order valence-corrected chi connectivity index (χ4v) is 2.98. The predicted octanol–water partition coefficient (Wildman–Crippen LogP) is 2.71. The summed E-state index contributed by atoms with van der Waals surface area (Å²) in [6, 6.07) is 7.64. The number of piperidine rings is 1. The summed E-state index contributed by atoms with van der Waals surface area (Å²) < 4.78 is 5.20. The van der Waals surface area contributed by atoms with Gasteiger partial charge in [0.1, 0.15) is 5.75 Å². The molecule has 0 unspecified atom stereocenters. The van der Waals surface area contributed by atoms with Crippen LogP contribution in [0, 0.1) is 6.92 Å². The SMILES string of the molecule is COc1cccc(CNC(=O)c2cnc(N3CCCCC3)nc2C)c1. The van der Waals surface area contributed by atoms with Crippen molar-refractivity contribution in [1.29, 1.82) is 0 Å². The first-order valence-electron chi connectivity index (χ1n) is 8.67. The fourth-order valence-electron chi connectivity index (χ4n) is 2.98. The molecule has 0 aliphatic carbocycles. The van der Waals surface area contributed by atoms with E-state index in [4.69, 9.17) is 4.74 Å². The van der Waals surface area contributed by atoms with Gasteiger partial charge in [0.15, 0.2) is 0 Å². The summed E-state index contributed by atoms with van der Waals surface area (Å²) in [6.07, 6.45) is 5.24. The summed E-state index contributed by atoms with van der Waals surface area (Å²) in [5.74, 6) is 1.34. The number of carbonyl (C=O) groups excluding carboxylic acids is 1. The second-order valence-electron chi connectivity index (χ2n) is 6.25. The number of rotatable bonds is 5. The van der Waals surface area contributed by atoms with Gasteiger partial charge in [0.2, 0.25) is 5.95 Å². The molecule has 0 bridgehead atoms. The molecule has 0 radical (unpaired) electrons. The standard InChI is InChI=1S/C19H24N4O2/c1-14-17(13-21-19(22-14)23-9-4-3-5-10-23)18(24)20-12-15-7-6-8-16(11-15)25-2/h6-8,11,13H,3-5,9-10,12H2,1-2H3,(H,20,24). The molecule has 2 aromatic rings. The molecule has 1 amide bonds. The Morgan fingerprint density at radius 1 is 1.28 bits per heavy atom. The lowest BCUT2D eigenvalue weighted by atomic mass is 10.1. The number of ether oxygens (including phenoxy) is 1. The van der Waals surface area contributed by atoms with E-state index in [9.17, 15) is 4.79 Å². The van der Waals surface area contributed by atoms with E-state index in [1.807, 2.05) is 31.2 Å². The van der Waals surface area contributed by atoms with Crippen molar-refractivity contribution in [3.05, 3.63) is 47.3 Å². The lowest BCUT2D eigenvalue weighted by molar-refractivity contribution is 0.0949. The number of carbonyl (C=O) groups is 1. The summed E-state index contributed by atoms with van der Waals surface area (Å²) in [5, 5.41) is 2.92. The third-order valence-electron chi connectivity index (χ3n) is 4.44. The predicted molar refractivity (Wildman–Crippen MR) is 97.0 cm³/mol. The topological polar surface area (TPSA) is 67.3 Å². The Kier molecular flexibility index (Phi) is 5.48. The summed E-state index contributed by atoms with van der Waals surface area (Å²) >= 11 is 0. The van der Waals surface area contributed by atoms with Gasteiger partial charge in [0.05, 0.1) is 18.4 Å². The minimum Gasteiger partial charge on any atom is -0.497 e. The smallest absolute Gasteiger partial charge is 0.254 e. The highest BCUT2D eigenvalue weighted by Gasteiger charge is 2.17. The van der Waals surface area contributed by atoms with Gasteiger partial charge in [-0.15, -0.1) is 0 Å². The Hall–Kier alpha value is -2.63. The lowest BCUT2D eigenvalue weighted by Crippen LogP contribution is -2.31. The molecular weight excluding hydrogens is 316 g/mol. The number of aromatic nitrogens is 2. The van der Waals surface area contributed by atoms with Crippen LogP contribution in [0.15, 0.2) is 30.5 Å². The number of nitrogens with zero attached hydrogens (tertiary/aromatic N) is 3. The van der Waals surface area contributed by atoms with Gasteiger partial charge in [-0.2, -0.15) is 0 Å². The van der Waals surface area contributed by atoms with Gasteiger partial charge in [-0.05, 0) is 43.9 Å². The third kappa shape index (κ3) is 4.26. The second kappa shape index (κ2) is 7.96. The monoisotopic (exact) mass is 340 g/mol. The van der Waals surface area contributed by atoms with Crippen molar-refractivity contribution >= 4 is 11.9 Å². The Bertz CT molecular complexity index is 742. The maximum Gasteiger partial charge on any atom is 0.254 e. The molecule has 0 atom stereocenters. The number of nitrogens with one attached hydrogen (secondary N) is 1. The lowest BCUT2D eigenvalue weighted by Gasteiger charge is -2.26. The zero-order chi connectivity index (χ0) is 17.6. The summed E-state index contributed by atoms with van der Waals surface area (Å²) in [5.41, 5.74) is 2.21. The molecule has 6 nitrogen and oxygen atoms in total. The van der Waals surface area contributed by atoms with E-state index in [0.717, 1.165) is 30.4 Å². The van der Waals surface area contributed by atoms with E-state index >= 15 is 0 Å². The van der Waals surface area contributed by atoms with Gasteiger partial charge in [0.25, 0.3) is 5.91 Å². The first-order chi connectivity index (χ1) is 12.2. The number of aryl methyl sites for hydroxylation is 1. The van der Waals surface area contributed by atoms with Crippen LogP contribution in [-0.4, -0.2) is 36.1 Å². The average Bonchev–Trinajstić information content (AvgIpc) is 2.67. The molecule has 3 rings (SSSR count). The molecule has 0 saturated carbocycles. The Labute approximate surface area is 148 Å². The van der Waals surface area contributed by atoms with Crippen molar-refractivity contribution in [3.8, 4) is 5.75 Å². The highest BCUT2D eigenvalue weighted by Crippen LogP contribution is 2.17. The molecule has 132 valence electrons. The van der Waals surface area contributed by atoms with Crippen LogP contribution in [0.4, 0.5) is 5.95 Å². The van der Waals surface area contributed by atoms with Crippen LogP contribution in [0.3, 0.4) is 0 Å². The molecule has 1 aromatic carbocycles. The molecule has 2 heterocycles. The van der Waals surface area contributed by atoms with Crippen molar-refractivity contribution in [2.75, 3.05) is 25.1 Å². The van der Waals surface area contributed by atoms with E-state index < -0.39 is 0 Å². The highest BCUT2D eigenvalue weighted by atomic mass is 16.5. The molecule has 1 aromatic heterocycles. The van der Waals surface area contributed by atoms with Crippen LogP contribution in [0.2, 0.25) is 0 Å². The first kappa shape index (κ1) is 17.2. The van der Waals surface area contributed by atoms with E-state index in [-0.39, 0.29) is 5.91 Å². The molecule has 25 heavy (non-hydrogen) atoms. The van der Waals surface area contributed by atoms with Gasteiger partial charge in [0, 0.05) is 25.8 Å². The Balaban J connectivity index is 1.65. The van der Waals surface area contributed by atoms with Crippen molar-refractivity contribution in [2.45, 2.75) is 32.7 Å². The van der Waals surface area contributed by atoms with Gasteiger partial charge in [-0.3, -0.25) is 4.79 Å². The van der Waals surface area contributed by atoms with Gasteiger partial charge >= 0.3 is 0 Å². The molecule has 0 spiro atoms. The minimum absolute atomic E-state index is 0.162. The van der Waals surface area contributed by atoms with Gasteiger partial charge in [-0.25, -0.2) is 9.97 Å². The molecule has 1 saturated heterocycles. The van der Waals surface area contributed by atoms with Crippen molar-refractivity contribution in [1.82, 2.24) is 15.3 Å². The molecule has 1 N–H and O–H groups in total. The van der Waals surface area contributed by atoms with Crippen LogP contribution >= 0.6 is 0 Å². The number of hydrogen-bond acceptors (Lipinski definition) is 5. The third-order valence-corrected chi connectivity index (χ3v) is 4.44. The number of benzene rings is 1. The maximum absolute atomic E-state index is 12.4. The van der Waals surface area contributed by atoms with E-state index in [0.29, 0.717) is 17.8 Å². The normalized spacial score (nSPS) is 14.2. The minimum atomic E-state index is -0.162. The highest BCUT2D eigenvalue weighted by molar-refractivity contribution is 5.94. The zero-order valence-electron chi connectivity index (χ0n) is 14.8. The molecule has 1 aliphatic rings. The molecule has 6 heteroatoms. The van der Waals surface area contributed by atoms with Crippen molar-refractivity contribution < 1.29 is 9.53 Å². The maximum atomic E-state index is 12.4.